The molecule has 0 radical (unpaired) electrons. The number of oxime groups is 1. The second kappa shape index (κ2) is 3.67. The lowest BCUT2D eigenvalue weighted by Crippen LogP contribution is -2.01. The van der Waals surface area contributed by atoms with E-state index in [1.165, 1.54) is 0 Å². The number of carbonyl (C=O) groups is 1. The van der Waals surface area contributed by atoms with Crippen molar-refractivity contribution in [1.29, 1.82) is 0 Å². The molecule has 1 N–H and O–H groups in total. The Morgan fingerprint density at radius 3 is 2.42 bits per heavy atom. The van der Waals surface area contributed by atoms with Gasteiger partial charge >= 0.3 is 0 Å². The van der Waals surface area contributed by atoms with E-state index in [-0.39, 0.29) is 5.71 Å². The number of carbonyl (C=O) groups excluding carboxylic acids is 1. The fourth-order valence-electron chi connectivity index (χ4n) is 0.874. The van der Waals surface area contributed by atoms with Crippen LogP contribution in [0.15, 0.2) is 29.4 Å². The Morgan fingerprint density at radius 2 is 2.00 bits per heavy atom. The van der Waals surface area contributed by atoms with Crippen molar-refractivity contribution in [2.45, 2.75) is 6.92 Å². The molecule has 0 heterocycles. The molecule has 0 amide bonds. The smallest absolute Gasteiger partial charge is 0.172 e. The predicted octanol–water partition coefficient (Wildman–Crippen LogP) is 1.37. The lowest BCUT2D eigenvalue weighted by molar-refractivity contribution is -0.102. The molecule has 0 aromatic heterocycles. The van der Waals surface area contributed by atoms with E-state index in [1.54, 1.807) is 12.1 Å². The zero-order chi connectivity index (χ0) is 8.97. The minimum absolute atomic E-state index is 0.0509. The average Bonchev–Trinajstić information content (AvgIpc) is 2.10. The molecular weight excluding hydrogens is 154 g/mol. The Morgan fingerprint density at radius 1 is 1.42 bits per heavy atom. The van der Waals surface area contributed by atoms with Gasteiger partial charge in [0.2, 0.25) is 0 Å². The SMILES string of the molecule is Cc1ccc(C(C=O)=NO)cc1. The first kappa shape index (κ1) is 8.46. The molecule has 1 rings (SSSR count). The van der Waals surface area contributed by atoms with Gasteiger partial charge in [-0.25, -0.2) is 0 Å². The van der Waals surface area contributed by atoms with Crippen LogP contribution in [0.3, 0.4) is 0 Å². The largest absolute Gasteiger partial charge is 0.410 e. The first-order valence-electron chi connectivity index (χ1n) is 3.52. The zero-order valence-electron chi connectivity index (χ0n) is 6.69. The molecule has 1 aromatic carbocycles. The third-order valence-corrected chi connectivity index (χ3v) is 1.57. The molecule has 0 saturated heterocycles. The van der Waals surface area contributed by atoms with Crippen LogP contribution in [0.25, 0.3) is 0 Å². The van der Waals surface area contributed by atoms with Crippen molar-refractivity contribution in [2.24, 2.45) is 5.16 Å². The number of aldehydes is 1. The Bertz CT molecular complexity index is 301. The molecule has 0 aliphatic rings. The summed E-state index contributed by atoms with van der Waals surface area (Å²) in [7, 11) is 0. The van der Waals surface area contributed by atoms with Gasteiger partial charge in [-0.2, -0.15) is 0 Å². The Balaban J connectivity index is 3.04. The van der Waals surface area contributed by atoms with Gasteiger partial charge in [0.05, 0.1) is 0 Å². The molecule has 0 unspecified atom stereocenters. The van der Waals surface area contributed by atoms with Crippen LogP contribution in [0, 0.1) is 6.92 Å². The molecule has 0 atom stereocenters. The summed E-state index contributed by atoms with van der Waals surface area (Å²) in [5.41, 5.74) is 1.77. The van der Waals surface area contributed by atoms with Crippen LogP contribution >= 0.6 is 0 Å². The van der Waals surface area contributed by atoms with Crippen molar-refractivity contribution in [3.63, 3.8) is 0 Å². The summed E-state index contributed by atoms with van der Waals surface area (Å²) in [6.07, 6.45) is 0.519. The second-order valence-corrected chi connectivity index (χ2v) is 2.47. The third kappa shape index (κ3) is 1.69. The summed E-state index contributed by atoms with van der Waals surface area (Å²) in [6.45, 7) is 1.94. The van der Waals surface area contributed by atoms with Crippen molar-refractivity contribution in [3.8, 4) is 0 Å². The molecule has 1 aromatic rings. The Labute approximate surface area is 70.3 Å². The van der Waals surface area contributed by atoms with Crippen LogP contribution in [0.2, 0.25) is 0 Å². The van der Waals surface area contributed by atoms with Crippen LogP contribution in [0.1, 0.15) is 11.1 Å². The minimum Gasteiger partial charge on any atom is -0.410 e. The highest BCUT2D eigenvalue weighted by molar-refractivity contribution is 6.36. The predicted molar refractivity (Wildman–Crippen MR) is 45.6 cm³/mol. The van der Waals surface area contributed by atoms with Crippen molar-refractivity contribution >= 4 is 12.0 Å². The molecule has 3 nitrogen and oxygen atoms in total. The maximum absolute atomic E-state index is 10.3. The molecule has 0 saturated carbocycles. The monoisotopic (exact) mass is 163 g/mol. The van der Waals surface area contributed by atoms with Gasteiger partial charge in [0.1, 0.15) is 5.71 Å². The molecule has 0 fully saturated rings. The minimum atomic E-state index is 0.0509. The molecule has 0 bridgehead atoms. The highest BCUT2D eigenvalue weighted by Crippen LogP contribution is 2.03. The van der Waals surface area contributed by atoms with Gasteiger partial charge in [-0.05, 0) is 6.92 Å². The van der Waals surface area contributed by atoms with Crippen molar-refractivity contribution in [3.05, 3.63) is 35.4 Å². The Hall–Kier alpha value is -1.64. The second-order valence-electron chi connectivity index (χ2n) is 2.47. The highest BCUT2D eigenvalue weighted by atomic mass is 16.4. The summed E-state index contributed by atoms with van der Waals surface area (Å²) in [5.74, 6) is 0. The summed E-state index contributed by atoms with van der Waals surface area (Å²) < 4.78 is 0. The van der Waals surface area contributed by atoms with E-state index in [4.69, 9.17) is 5.21 Å². The maximum Gasteiger partial charge on any atom is 0.172 e. The number of benzene rings is 1. The van der Waals surface area contributed by atoms with E-state index >= 15 is 0 Å². The average molecular weight is 163 g/mol. The quantitative estimate of drug-likeness (QED) is 0.310. The molecule has 62 valence electrons. The van der Waals surface area contributed by atoms with Crippen LogP contribution in [0.5, 0.6) is 0 Å². The van der Waals surface area contributed by atoms with E-state index in [2.05, 4.69) is 5.16 Å². The van der Waals surface area contributed by atoms with Gasteiger partial charge in [0.15, 0.2) is 6.29 Å². The number of aryl methyl sites for hydroxylation is 1. The van der Waals surface area contributed by atoms with Crippen molar-refractivity contribution in [1.82, 2.24) is 0 Å². The van der Waals surface area contributed by atoms with Gasteiger partial charge in [-0.3, -0.25) is 4.79 Å². The fraction of sp³-hybridized carbons (Fsp3) is 0.111. The maximum atomic E-state index is 10.3. The third-order valence-electron chi connectivity index (χ3n) is 1.57. The number of rotatable bonds is 2. The zero-order valence-corrected chi connectivity index (χ0v) is 6.69. The molecule has 0 aliphatic heterocycles. The number of hydrogen-bond acceptors (Lipinski definition) is 3. The molecule has 3 heteroatoms. The van der Waals surface area contributed by atoms with Gasteiger partial charge in [-0.15, -0.1) is 0 Å². The number of hydrogen-bond donors (Lipinski definition) is 1. The van der Waals surface area contributed by atoms with Crippen LogP contribution in [0.4, 0.5) is 0 Å². The normalized spacial score (nSPS) is 11.2. The van der Waals surface area contributed by atoms with Crippen molar-refractivity contribution < 1.29 is 10.0 Å². The first-order valence-corrected chi connectivity index (χ1v) is 3.52. The highest BCUT2D eigenvalue weighted by Gasteiger charge is 2.00. The molecule has 0 aliphatic carbocycles. The topological polar surface area (TPSA) is 49.7 Å². The summed E-state index contributed by atoms with van der Waals surface area (Å²) in [5, 5.41) is 11.3. The standard InChI is InChI=1S/C9H9NO2/c1-7-2-4-8(5-3-7)9(6-11)10-12/h2-6,12H,1H3. The first-order chi connectivity index (χ1) is 5.77. The molecule has 0 spiro atoms. The molecule has 12 heavy (non-hydrogen) atoms. The molecular formula is C9H9NO2. The van der Waals surface area contributed by atoms with E-state index in [0.29, 0.717) is 11.8 Å². The van der Waals surface area contributed by atoms with Crippen molar-refractivity contribution in [2.75, 3.05) is 0 Å². The van der Waals surface area contributed by atoms with Gasteiger partial charge in [-0.1, -0.05) is 35.0 Å². The fourth-order valence-corrected chi connectivity index (χ4v) is 0.874. The van der Waals surface area contributed by atoms with Crippen LogP contribution in [-0.2, 0) is 4.79 Å². The lowest BCUT2D eigenvalue weighted by atomic mass is 10.1. The lowest BCUT2D eigenvalue weighted by Gasteiger charge is -1.96. The van der Waals surface area contributed by atoms with Gasteiger partial charge in [0, 0.05) is 5.56 Å². The van der Waals surface area contributed by atoms with Crippen LogP contribution < -0.4 is 0 Å². The van der Waals surface area contributed by atoms with E-state index in [9.17, 15) is 4.79 Å². The van der Waals surface area contributed by atoms with Gasteiger partial charge in [0.25, 0.3) is 0 Å². The van der Waals surface area contributed by atoms with Crippen LogP contribution in [-0.4, -0.2) is 17.2 Å². The van der Waals surface area contributed by atoms with E-state index in [1.807, 2.05) is 19.1 Å². The summed E-state index contributed by atoms with van der Waals surface area (Å²) in [4.78, 5) is 10.3. The number of nitrogens with zero attached hydrogens (tertiary/aromatic N) is 1. The van der Waals surface area contributed by atoms with E-state index < -0.39 is 0 Å². The van der Waals surface area contributed by atoms with E-state index in [0.717, 1.165) is 5.56 Å². The van der Waals surface area contributed by atoms with Gasteiger partial charge < -0.3 is 5.21 Å². The summed E-state index contributed by atoms with van der Waals surface area (Å²) >= 11 is 0. The Kier molecular flexibility index (Phi) is 2.58. The summed E-state index contributed by atoms with van der Waals surface area (Å²) in [6, 6.07) is 7.17.